The van der Waals surface area contributed by atoms with E-state index in [-0.39, 0.29) is 4.90 Å². The third-order valence-electron chi connectivity index (χ3n) is 3.30. The van der Waals surface area contributed by atoms with Gasteiger partial charge in [-0.15, -0.1) is 0 Å². The number of anilines is 1. The molecule has 0 spiro atoms. The fourth-order valence-electron chi connectivity index (χ4n) is 2.04. The fraction of sp³-hybridized carbons (Fsp3) is 0.133. The van der Waals surface area contributed by atoms with E-state index in [0.717, 1.165) is 21.3 Å². The van der Waals surface area contributed by atoms with Gasteiger partial charge in [-0.05, 0) is 43.7 Å². The predicted molar refractivity (Wildman–Crippen MR) is 91.4 cm³/mol. The number of halogens is 1. The Morgan fingerprint density at radius 1 is 1.09 bits per heavy atom. The number of aryl methyl sites for hydroxylation is 2. The van der Waals surface area contributed by atoms with Gasteiger partial charge in [-0.1, -0.05) is 40.6 Å². The molecular formula is C15H13ClN2O2S2. The Kier molecular flexibility index (Phi) is 3.84. The first kappa shape index (κ1) is 15.3. The van der Waals surface area contributed by atoms with Crippen molar-refractivity contribution in [3.05, 3.63) is 52.5 Å². The van der Waals surface area contributed by atoms with Crippen molar-refractivity contribution in [1.82, 2.24) is 4.98 Å². The monoisotopic (exact) mass is 352 g/mol. The Labute approximate surface area is 137 Å². The summed E-state index contributed by atoms with van der Waals surface area (Å²) in [6.07, 6.45) is 0. The highest BCUT2D eigenvalue weighted by molar-refractivity contribution is 7.93. The molecule has 0 aliphatic rings. The van der Waals surface area contributed by atoms with Crippen LogP contribution in [0.4, 0.5) is 5.13 Å². The van der Waals surface area contributed by atoms with E-state index in [0.29, 0.717) is 10.2 Å². The summed E-state index contributed by atoms with van der Waals surface area (Å²) in [6, 6.07) is 10.3. The second-order valence-electron chi connectivity index (χ2n) is 4.96. The van der Waals surface area contributed by atoms with Crippen molar-refractivity contribution in [2.24, 2.45) is 0 Å². The van der Waals surface area contributed by atoms with Crippen molar-refractivity contribution in [3.8, 4) is 0 Å². The Bertz CT molecular complexity index is 948. The number of benzene rings is 2. The standard InChI is InChI=1S/C15H13ClN2O2S2/c1-9-3-5-11(6-4-9)22(19,20)18-15-17-14-10(2)12(16)7-8-13(14)21-15/h3-8H,1-2H3,(H,17,18). The zero-order valence-corrected chi connectivity index (χ0v) is 14.3. The number of fused-ring (bicyclic) bond motifs is 1. The molecule has 0 aliphatic carbocycles. The minimum atomic E-state index is -3.64. The van der Waals surface area contributed by atoms with Gasteiger partial charge in [0.2, 0.25) is 0 Å². The number of hydrogen-bond donors (Lipinski definition) is 1. The SMILES string of the molecule is Cc1ccc(S(=O)(=O)Nc2nc3c(C)c(Cl)ccc3s2)cc1. The zero-order chi connectivity index (χ0) is 15.9. The normalized spacial score (nSPS) is 11.8. The molecule has 3 aromatic rings. The lowest BCUT2D eigenvalue weighted by atomic mass is 10.2. The maximum absolute atomic E-state index is 12.4. The molecule has 0 amide bonds. The van der Waals surface area contributed by atoms with Crippen LogP contribution in [0.5, 0.6) is 0 Å². The lowest BCUT2D eigenvalue weighted by molar-refractivity contribution is 0.601. The number of rotatable bonds is 3. The van der Waals surface area contributed by atoms with Gasteiger partial charge in [0.05, 0.1) is 15.1 Å². The molecule has 0 unspecified atom stereocenters. The second kappa shape index (κ2) is 5.53. The van der Waals surface area contributed by atoms with Crippen molar-refractivity contribution in [2.45, 2.75) is 18.7 Å². The van der Waals surface area contributed by atoms with Gasteiger partial charge in [0.1, 0.15) is 0 Å². The van der Waals surface area contributed by atoms with Gasteiger partial charge in [-0.2, -0.15) is 0 Å². The van der Waals surface area contributed by atoms with Crippen molar-refractivity contribution < 1.29 is 8.42 Å². The summed E-state index contributed by atoms with van der Waals surface area (Å²) >= 11 is 7.35. The summed E-state index contributed by atoms with van der Waals surface area (Å²) in [5, 5.41) is 0.951. The van der Waals surface area contributed by atoms with E-state index in [2.05, 4.69) is 9.71 Å². The van der Waals surface area contributed by atoms with Crippen LogP contribution in [0.15, 0.2) is 41.3 Å². The van der Waals surface area contributed by atoms with Crippen LogP contribution >= 0.6 is 22.9 Å². The maximum Gasteiger partial charge on any atom is 0.263 e. The molecule has 1 aromatic heterocycles. The molecule has 22 heavy (non-hydrogen) atoms. The smallest absolute Gasteiger partial charge is 0.255 e. The van der Waals surface area contributed by atoms with E-state index >= 15 is 0 Å². The molecule has 1 heterocycles. The molecule has 0 fully saturated rings. The first-order valence-corrected chi connectivity index (χ1v) is 9.20. The van der Waals surface area contributed by atoms with Crippen LogP contribution in [-0.4, -0.2) is 13.4 Å². The Balaban J connectivity index is 1.99. The van der Waals surface area contributed by atoms with Crippen LogP contribution in [0.3, 0.4) is 0 Å². The lowest BCUT2D eigenvalue weighted by Crippen LogP contribution is -2.12. The predicted octanol–water partition coefficient (Wildman–Crippen LogP) is 4.37. The molecule has 1 N–H and O–H groups in total. The Morgan fingerprint density at radius 3 is 2.45 bits per heavy atom. The topological polar surface area (TPSA) is 59.1 Å². The van der Waals surface area contributed by atoms with E-state index in [1.807, 2.05) is 19.9 Å². The van der Waals surface area contributed by atoms with Gasteiger partial charge in [-0.3, -0.25) is 4.72 Å². The third-order valence-corrected chi connectivity index (χ3v) is 6.13. The van der Waals surface area contributed by atoms with E-state index in [1.54, 1.807) is 30.3 Å². The molecule has 0 aliphatic heterocycles. The molecule has 2 aromatic carbocycles. The molecular weight excluding hydrogens is 340 g/mol. The Morgan fingerprint density at radius 2 is 1.77 bits per heavy atom. The van der Waals surface area contributed by atoms with Crippen LogP contribution in [-0.2, 0) is 10.0 Å². The molecule has 0 saturated heterocycles. The highest BCUT2D eigenvalue weighted by Crippen LogP contribution is 2.32. The Hall–Kier alpha value is -1.63. The molecule has 3 rings (SSSR count). The number of hydrogen-bond acceptors (Lipinski definition) is 4. The van der Waals surface area contributed by atoms with Crippen molar-refractivity contribution >= 4 is 48.3 Å². The van der Waals surface area contributed by atoms with Crippen LogP contribution in [0.2, 0.25) is 5.02 Å². The summed E-state index contributed by atoms with van der Waals surface area (Å²) < 4.78 is 28.2. The van der Waals surface area contributed by atoms with Gasteiger partial charge >= 0.3 is 0 Å². The van der Waals surface area contributed by atoms with E-state index in [1.165, 1.54) is 11.3 Å². The summed E-state index contributed by atoms with van der Waals surface area (Å²) in [4.78, 5) is 4.56. The van der Waals surface area contributed by atoms with Crippen molar-refractivity contribution in [3.63, 3.8) is 0 Å². The number of nitrogens with one attached hydrogen (secondary N) is 1. The van der Waals surface area contributed by atoms with E-state index < -0.39 is 10.0 Å². The summed E-state index contributed by atoms with van der Waals surface area (Å²) in [5.74, 6) is 0. The van der Waals surface area contributed by atoms with Crippen LogP contribution in [0.1, 0.15) is 11.1 Å². The number of aromatic nitrogens is 1. The molecule has 0 bridgehead atoms. The quantitative estimate of drug-likeness (QED) is 0.761. The molecule has 114 valence electrons. The van der Waals surface area contributed by atoms with Gasteiger partial charge in [0.15, 0.2) is 5.13 Å². The molecule has 0 saturated carbocycles. The van der Waals surface area contributed by atoms with Gasteiger partial charge < -0.3 is 0 Å². The maximum atomic E-state index is 12.4. The minimum Gasteiger partial charge on any atom is -0.255 e. The van der Waals surface area contributed by atoms with Gasteiger partial charge in [-0.25, -0.2) is 13.4 Å². The molecule has 7 heteroatoms. The molecule has 0 radical (unpaired) electrons. The number of sulfonamides is 1. The first-order chi connectivity index (χ1) is 10.4. The van der Waals surface area contributed by atoms with Crippen LogP contribution in [0.25, 0.3) is 10.2 Å². The highest BCUT2D eigenvalue weighted by atomic mass is 35.5. The number of thiazole rings is 1. The minimum absolute atomic E-state index is 0.215. The lowest BCUT2D eigenvalue weighted by Gasteiger charge is -2.05. The molecule has 4 nitrogen and oxygen atoms in total. The first-order valence-electron chi connectivity index (χ1n) is 6.52. The largest absolute Gasteiger partial charge is 0.263 e. The average molecular weight is 353 g/mol. The van der Waals surface area contributed by atoms with Gasteiger partial charge in [0, 0.05) is 5.02 Å². The molecule has 0 atom stereocenters. The second-order valence-corrected chi connectivity index (χ2v) is 8.08. The van der Waals surface area contributed by atoms with Gasteiger partial charge in [0.25, 0.3) is 10.0 Å². The van der Waals surface area contributed by atoms with Crippen molar-refractivity contribution in [1.29, 1.82) is 0 Å². The van der Waals surface area contributed by atoms with Crippen molar-refractivity contribution in [2.75, 3.05) is 4.72 Å². The zero-order valence-electron chi connectivity index (χ0n) is 11.9. The van der Waals surface area contributed by atoms with E-state index in [9.17, 15) is 8.42 Å². The van der Waals surface area contributed by atoms with E-state index in [4.69, 9.17) is 11.6 Å². The van der Waals surface area contributed by atoms with Crippen LogP contribution in [0, 0.1) is 13.8 Å². The van der Waals surface area contributed by atoms with Crippen LogP contribution < -0.4 is 4.72 Å². The summed E-state index contributed by atoms with van der Waals surface area (Å²) in [7, 11) is -3.64. The summed E-state index contributed by atoms with van der Waals surface area (Å²) in [6.45, 7) is 3.77. The fourth-order valence-corrected chi connectivity index (χ4v) is 4.35. The summed E-state index contributed by atoms with van der Waals surface area (Å²) in [5.41, 5.74) is 2.57. The third kappa shape index (κ3) is 2.82. The average Bonchev–Trinajstić information content (AvgIpc) is 2.86. The number of nitrogens with zero attached hydrogens (tertiary/aromatic N) is 1. The highest BCUT2D eigenvalue weighted by Gasteiger charge is 2.17.